The van der Waals surface area contributed by atoms with Gasteiger partial charge in [0.25, 0.3) is 0 Å². The number of piperidine rings is 1. The van der Waals surface area contributed by atoms with Gasteiger partial charge in [0.05, 0.1) is 6.61 Å². The van der Waals surface area contributed by atoms with Gasteiger partial charge in [-0.2, -0.15) is 0 Å². The number of hydrogen-bond acceptors (Lipinski definition) is 3. The summed E-state index contributed by atoms with van der Waals surface area (Å²) in [6.45, 7) is 12.4. The molecule has 2 saturated heterocycles. The van der Waals surface area contributed by atoms with Crippen LogP contribution >= 0.6 is 12.4 Å². The van der Waals surface area contributed by atoms with Gasteiger partial charge in [-0.3, -0.25) is 5.32 Å². The van der Waals surface area contributed by atoms with Crippen LogP contribution in [0.3, 0.4) is 0 Å². The van der Waals surface area contributed by atoms with Crippen molar-refractivity contribution >= 4 is 12.4 Å². The minimum atomic E-state index is -0.0793. The lowest BCUT2D eigenvalue weighted by Gasteiger charge is -2.38. The molecule has 2 rings (SSSR count). The lowest BCUT2D eigenvalue weighted by molar-refractivity contribution is -0.0244. The summed E-state index contributed by atoms with van der Waals surface area (Å²) >= 11 is 0. The zero-order chi connectivity index (χ0) is 12.5. The normalized spacial score (nSPS) is 37.8. The lowest BCUT2D eigenvalue weighted by atomic mass is 9.89. The molecule has 108 valence electrons. The highest BCUT2D eigenvalue weighted by Crippen LogP contribution is 2.29. The average molecular weight is 277 g/mol. The van der Waals surface area contributed by atoms with Crippen LogP contribution < -0.4 is 5.32 Å². The Morgan fingerprint density at radius 1 is 1.44 bits per heavy atom. The number of nitrogens with one attached hydrogen (secondary N) is 1. The molecule has 2 heterocycles. The van der Waals surface area contributed by atoms with E-state index in [4.69, 9.17) is 4.74 Å². The number of halogens is 1. The van der Waals surface area contributed by atoms with Crippen LogP contribution in [0.25, 0.3) is 0 Å². The molecule has 3 nitrogen and oxygen atoms in total. The smallest absolute Gasteiger partial charge is 0.117 e. The third-order valence-electron chi connectivity index (χ3n) is 4.16. The second-order valence-corrected chi connectivity index (χ2v) is 6.39. The summed E-state index contributed by atoms with van der Waals surface area (Å²) in [6, 6.07) is 1.19. The van der Waals surface area contributed by atoms with Gasteiger partial charge in [0, 0.05) is 18.6 Å². The first-order valence-electron chi connectivity index (χ1n) is 7.14. The molecular weight excluding hydrogens is 248 g/mol. The van der Waals surface area contributed by atoms with Gasteiger partial charge in [-0.05, 0) is 59.4 Å². The molecule has 2 aliphatic rings. The van der Waals surface area contributed by atoms with E-state index >= 15 is 0 Å². The predicted octanol–water partition coefficient (Wildman–Crippen LogP) is 2.64. The van der Waals surface area contributed by atoms with Crippen molar-refractivity contribution in [3.63, 3.8) is 0 Å². The molecular formula is C14H29ClN2O. The minimum Gasteiger partial charge on any atom is -0.359 e. The molecule has 0 aliphatic carbocycles. The Morgan fingerprint density at radius 2 is 2.17 bits per heavy atom. The zero-order valence-electron chi connectivity index (χ0n) is 12.2. The van der Waals surface area contributed by atoms with E-state index in [0.29, 0.717) is 12.1 Å². The number of nitrogens with zero attached hydrogens (tertiary/aromatic N) is 1. The highest BCUT2D eigenvalue weighted by atomic mass is 35.5. The summed E-state index contributed by atoms with van der Waals surface area (Å²) in [5.41, 5.74) is -0.0793. The van der Waals surface area contributed by atoms with Crippen LogP contribution in [0, 0.1) is 5.92 Å². The van der Waals surface area contributed by atoms with E-state index in [9.17, 15) is 0 Å². The van der Waals surface area contributed by atoms with Crippen molar-refractivity contribution in [3.05, 3.63) is 0 Å². The molecule has 2 aliphatic heterocycles. The zero-order valence-corrected chi connectivity index (χ0v) is 13.1. The molecule has 3 atom stereocenters. The Hall–Kier alpha value is 0.170. The summed E-state index contributed by atoms with van der Waals surface area (Å²) in [4.78, 5) is 2.61. The highest BCUT2D eigenvalue weighted by molar-refractivity contribution is 5.85. The van der Waals surface area contributed by atoms with Crippen LogP contribution in [0.2, 0.25) is 0 Å². The maximum atomic E-state index is 5.92. The summed E-state index contributed by atoms with van der Waals surface area (Å²) in [7, 11) is 0. The minimum absolute atomic E-state index is 0. The van der Waals surface area contributed by atoms with Crippen LogP contribution in [0.15, 0.2) is 0 Å². The third-order valence-corrected chi connectivity index (χ3v) is 4.16. The molecule has 2 fully saturated rings. The van der Waals surface area contributed by atoms with Gasteiger partial charge >= 0.3 is 0 Å². The van der Waals surface area contributed by atoms with E-state index < -0.39 is 0 Å². The lowest BCUT2D eigenvalue weighted by Crippen LogP contribution is -2.46. The summed E-state index contributed by atoms with van der Waals surface area (Å²) in [5, 5.41) is 3.58. The molecule has 1 N–H and O–H groups in total. The largest absolute Gasteiger partial charge is 0.359 e. The fourth-order valence-electron chi connectivity index (χ4n) is 3.32. The monoisotopic (exact) mass is 276 g/mol. The molecule has 3 unspecified atom stereocenters. The van der Waals surface area contributed by atoms with Crippen molar-refractivity contribution in [1.82, 2.24) is 10.2 Å². The van der Waals surface area contributed by atoms with E-state index in [-0.39, 0.29) is 18.1 Å². The van der Waals surface area contributed by atoms with Crippen molar-refractivity contribution in [2.24, 2.45) is 5.92 Å². The third kappa shape index (κ3) is 4.09. The molecule has 0 aromatic rings. The van der Waals surface area contributed by atoms with Crippen molar-refractivity contribution in [1.29, 1.82) is 0 Å². The predicted molar refractivity (Wildman–Crippen MR) is 78.3 cm³/mol. The van der Waals surface area contributed by atoms with E-state index in [0.717, 1.165) is 18.9 Å². The number of likely N-dealkylation sites (tertiary alicyclic amines) is 1. The maximum absolute atomic E-state index is 5.92. The number of rotatable bonds is 3. The Bertz CT molecular complexity index is 262. The van der Waals surface area contributed by atoms with Crippen LogP contribution in [-0.2, 0) is 4.74 Å². The van der Waals surface area contributed by atoms with Gasteiger partial charge in [0.2, 0.25) is 0 Å². The molecule has 18 heavy (non-hydrogen) atoms. The molecule has 0 amide bonds. The molecule has 0 spiro atoms. The summed E-state index contributed by atoms with van der Waals surface area (Å²) in [6.07, 6.45) is 3.85. The van der Waals surface area contributed by atoms with E-state index in [1.165, 1.54) is 25.9 Å². The number of hydrogen-bond donors (Lipinski definition) is 1. The first-order valence-corrected chi connectivity index (χ1v) is 7.14. The molecule has 0 aromatic carbocycles. The highest BCUT2D eigenvalue weighted by Gasteiger charge is 2.36. The summed E-state index contributed by atoms with van der Waals surface area (Å²) < 4.78 is 5.92. The Labute approximate surface area is 118 Å². The number of ether oxygens (including phenoxy) is 1. The van der Waals surface area contributed by atoms with Crippen molar-refractivity contribution in [3.8, 4) is 0 Å². The first-order chi connectivity index (χ1) is 7.98. The fraction of sp³-hybridized carbons (Fsp3) is 1.00. The Morgan fingerprint density at radius 3 is 2.72 bits per heavy atom. The van der Waals surface area contributed by atoms with E-state index in [2.05, 4.69) is 37.9 Å². The molecule has 4 heteroatoms. The van der Waals surface area contributed by atoms with Crippen molar-refractivity contribution in [2.75, 3.05) is 19.7 Å². The van der Waals surface area contributed by atoms with E-state index in [1.807, 2.05) is 0 Å². The second kappa shape index (κ2) is 6.56. The van der Waals surface area contributed by atoms with Crippen LogP contribution in [0.5, 0.6) is 0 Å². The van der Waals surface area contributed by atoms with Crippen LogP contribution in [-0.4, -0.2) is 42.4 Å². The van der Waals surface area contributed by atoms with Crippen molar-refractivity contribution in [2.45, 2.75) is 64.8 Å². The maximum Gasteiger partial charge on any atom is 0.117 e. The van der Waals surface area contributed by atoms with Gasteiger partial charge in [-0.15, -0.1) is 12.4 Å². The van der Waals surface area contributed by atoms with Gasteiger partial charge in [-0.25, -0.2) is 0 Å². The fourth-order valence-corrected chi connectivity index (χ4v) is 3.32. The second-order valence-electron chi connectivity index (χ2n) is 6.39. The first kappa shape index (κ1) is 16.2. The standard InChI is InChI=1S/C14H28N2O.ClH/c1-11(2)16-7-5-6-13(9-16)8-14(4)15-12(3)10-17-14;/h11-13,15H,5-10H2,1-4H3;1H. The molecule has 0 saturated carbocycles. The average Bonchev–Trinajstić information content (AvgIpc) is 2.58. The SMILES string of the molecule is CC1COC(C)(CC2CCCN(C(C)C)C2)N1.Cl. The van der Waals surface area contributed by atoms with Gasteiger partial charge in [0.15, 0.2) is 0 Å². The van der Waals surface area contributed by atoms with Gasteiger partial charge < -0.3 is 9.64 Å². The van der Waals surface area contributed by atoms with E-state index in [1.54, 1.807) is 0 Å². The Kier molecular flexibility index (Phi) is 5.91. The summed E-state index contributed by atoms with van der Waals surface area (Å²) in [5.74, 6) is 0.786. The quantitative estimate of drug-likeness (QED) is 0.858. The molecule has 0 aromatic heterocycles. The Balaban J connectivity index is 0.00000162. The molecule has 0 radical (unpaired) electrons. The topological polar surface area (TPSA) is 24.5 Å². The van der Waals surface area contributed by atoms with Gasteiger partial charge in [-0.1, -0.05) is 0 Å². The van der Waals surface area contributed by atoms with Crippen LogP contribution in [0.4, 0.5) is 0 Å². The van der Waals surface area contributed by atoms with Gasteiger partial charge in [0.1, 0.15) is 5.72 Å². The van der Waals surface area contributed by atoms with Crippen molar-refractivity contribution < 1.29 is 4.74 Å². The molecule has 0 bridgehead atoms. The van der Waals surface area contributed by atoms with Crippen LogP contribution in [0.1, 0.15) is 47.0 Å².